The molecule has 1 amide bonds. The molecule has 2 aromatic carbocycles. The van der Waals surface area contributed by atoms with Crippen LogP contribution in [0, 0.1) is 5.82 Å². The van der Waals surface area contributed by atoms with Gasteiger partial charge in [0.1, 0.15) is 11.6 Å². The average Bonchev–Trinajstić information content (AvgIpc) is 2.71. The molecule has 150 valence electrons. The number of anilines is 2. The minimum Gasteiger partial charge on any atom is -0.491 e. The van der Waals surface area contributed by atoms with Gasteiger partial charge in [-0.2, -0.15) is 0 Å². The van der Waals surface area contributed by atoms with Crippen LogP contribution in [0.3, 0.4) is 0 Å². The zero-order valence-corrected chi connectivity index (χ0v) is 16.4. The summed E-state index contributed by atoms with van der Waals surface area (Å²) in [6.45, 7) is 4.38. The Bertz CT molecular complexity index is 927. The van der Waals surface area contributed by atoms with E-state index in [0.29, 0.717) is 18.8 Å². The molecule has 0 saturated carbocycles. The van der Waals surface area contributed by atoms with Gasteiger partial charge in [0.25, 0.3) is 5.91 Å². The van der Waals surface area contributed by atoms with Gasteiger partial charge < -0.3 is 15.4 Å². The highest BCUT2D eigenvalue weighted by atomic mass is 19.1. The first-order valence-electron chi connectivity index (χ1n) is 9.40. The molecule has 3 rings (SSSR count). The lowest BCUT2D eigenvalue weighted by atomic mass is 10.1. The summed E-state index contributed by atoms with van der Waals surface area (Å²) in [4.78, 5) is 12.2. The Kier molecular flexibility index (Phi) is 6.73. The quantitative estimate of drug-likeness (QED) is 0.601. The van der Waals surface area contributed by atoms with Gasteiger partial charge in [-0.1, -0.05) is 12.1 Å². The zero-order chi connectivity index (χ0) is 20.6. The Hall–Kier alpha value is -3.48. The SMILES string of the molecule is CC(C)Oc1ccc(Nc2ccc(C(=O)NCCc3ccc(F)cc3)nn2)cc1. The first kappa shape index (κ1) is 20.3. The van der Waals surface area contributed by atoms with Gasteiger partial charge in [-0.15, -0.1) is 10.2 Å². The van der Waals surface area contributed by atoms with Crippen LogP contribution in [-0.4, -0.2) is 28.8 Å². The van der Waals surface area contributed by atoms with Gasteiger partial charge in [0, 0.05) is 12.2 Å². The molecule has 0 spiro atoms. The summed E-state index contributed by atoms with van der Waals surface area (Å²) in [5.41, 5.74) is 2.02. The number of aromatic nitrogens is 2. The molecule has 7 heteroatoms. The molecule has 3 aromatic rings. The van der Waals surface area contributed by atoms with E-state index in [1.807, 2.05) is 38.1 Å². The van der Waals surface area contributed by atoms with E-state index in [4.69, 9.17) is 4.74 Å². The minimum absolute atomic E-state index is 0.119. The summed E-state index contributed by atoms with van der Waals surface area (Å²) in [5.74, 6) is 0.748. The van der Waals surface area contributed by atoms with Gasteiger partial charge in [0.2, 0.25) is 0 Å². The molecule has 0 aliphatic rings. The molecule has 2 N–H and O–H groups in total. The van der Waals surface area contributed by atoms with Gasteiger partial charge in [0.15, 0.2) is 11.5 Å². The molecule has 29 heavy (non-hydrogen) atoms. The molecule has 0 bridgehead atoms. The van der Waals surface area contributed by atoms with Crippen molar-refractivity contribution in [2.24, 2.45) is 0 Å². The average molecular weight is 394 g/mol. The van der Waals surface area contributed by atoms with Crippen molar-refractivity contribution in [1.29, 1.82) is 0 Å². The van der Waals surface area contributed by atoms with Crippen LogP contribution in [0.5, 0.6) is 5.75 Å². The molecule has 0 aliphatic heterocycles. The molecular formula is C22H23FN4O2. The van der Waals surface area contributed by atoms with Crippen molar-refractivity contribution in [3.8, 4) is 5.75 Å². The van der Waals surface area contributed by atoms with Gasteiger partial charge in [-0.05, 0) is 74.4 Å². The van der Waals surface area contributed by atoms with Crippen LogP contribution in [0.25, 0.3) is 0 Å². The Labute approximate surface area is 169 Å². The largest absolute Gasteiger partial charge is 0.491 e. The van der Waals surface area contributed by atoms with Crippen molar-refractivity contribution < 1.29 is 13.9 Å². The first-order chi connectivity index (χ1) is 14.0. The fourth-order valence-corrected chi connectivity index (χ4v) is 2.62. The third-order valence-corrected chi connectivity index (χ3v) is 4.01. The Morgan fingerprint density at radius 2 is 1.72 bits per heavy atom. The molecule has 6 nitrogen and oxygen atoms in total. The molecule has 0 aliphatic carbocycles. The molecule has 1 aromatic heterocycles. The van der Waals surface area contributed by atoms with Gasteiger partial charge in [-0.3, -0.25) is 4.79 Å². The summed E-state index contributed by atoms with van der Waals surface area (Å²) in [6, 6.07) is 17.0. The molecular weight excluding hydrogens is 371 g/mol. The van der Waals surface area contributed by atoms with Crippen LogP contribution in [0.1, 0.15) is 29.9 Å². The van der Waals surface area contributed by atoms with Crippen LogP contribution in [0.4, 0.5) is 15.9 Å². The second kappa shape index (κ2) is 9.64. The van der Waals surface area contributed by atoms with E-state index < -0.39 is 0 Å². The normalized spacial score (nSPS) is 10.6. The van der Waals surface area contributed by atoms with Crippen LogP contribution in [0.15, 0.2) is 60.7 Å². The molecule has 0 unspecified atom stereocenters. The van der Waals surface area contributed by atoms with Crippen LogP contribution in [-0.2, 0) is 6.42 Å². The summed E-state index contributed by atoms with van der Waals surface area (Å²) in [5, 5.41) is 13.9. The standard InChI is InChI=1S/C22H23FN4O2/c1-15(2)29-19-9-7-18(8-10-19)25-21-12-11-20(26-27-21)22(28)24-14-13-16-3-5-17(23)6-4-16/h3-12,15H,13-14H2,1-2H3,(H,24,28)(H,25,27). The van der Waals surface area contributed by atoms with Crippen LogP contribution >= 0.6 is 0 Å². The van der Waals surface area contributed by atoms with E-state index in [1.165, 1.54) is 12.1 Å². The molecule has 0 radical (unpaired) electrons. The van der Waals surface area contributed by atoms with E-state index >= 15 is 0 Å². The number of carbonyl (C=O) groups excluding carboxylic acids is 1. The highest BCUT2D eigenvalue weighted by Gasteiger charge is 2.08. The topological polar surface area (TPSA) is 76.1 Å². The van der Waals surface area contributed by atoms with E-state index in [-0.39, 0.29) is 23.5 Å². The smallest absolute Gasteiger partial charge is 0.271 e. The third-order valence-electron chi connectivity index (χ3n) is 4.01. The van der Waals surface area contributed by atoms with Crippen molar-refractivity contribution in [2.75, 3.05) is 11.9 Å². The Balaban J connectivity index is 1.49. The fraction of sp³-hybridized carbons (Fsp3) is 0.227. The number of ether oxygens (including phenoxy) is 1. The van der Waals surface area contributed by atoms with Crippen molar-refractivity contribution in [3.63, 3.8) is 0 Å². The zero-order valence-electron chi connectivity index (χ0n) is 16.4. The van der Waals surface area contributed by atoms with Crippen LogP contribution in [0.2, 0.25) is 0 Å². The van der Waals surface area contributed by atoms with E-state index in [9.17, 15) is 9.18 Å². The summed E-state index contributed by atoms with van der Waals surface area (Å²) < 4.78 is 18.5. The number of nitrogens with one attached hydrogen (secondary N) is 2. The second-order valence-electron chi connectivity index (χ2n) is 6.75. The van der Waals surface area contributed by atoms with E-state index in [1.54, 1.807) is 24.3 Å². The Morgan fingerprint density at radius 1 is 1.00 bits per heavy atom. The van der Waals surface area contributed by atoms with Crippen LogP contribution < -0.4 is 15.4 Å². The lowest BCUT2D eigenvalue weighted by Crippen LogP contribution is -2.26. The van der Waals surface area contributed by atoms with E-state index in [0.717, 1.165) is 17.0 Å². The molecule has 1 heterocycles. The number of nitrogens with zero attached hydrogens (tertiary/aromatic N) is 2. The maximum atomic E-state index is 12.9. The predicted octanol–water partition coefficient (Wildman–Crippen LogP) is 4.12. The maximum absolute atomic E-state index is 12.9. The third kappa shape index (κ3) is 6.27. The summed E-state index contributed by atoms with van der Waals surface area (Å²) in [6.07, 6.45) is 0.726. The number of carbonyl (C=O) groups is 1. The minimum atomic E-state index is -0.304. The predicted molar refractivity (Wildman–Crippen MR) is 110 cm³/mol. The highest BCUT2D eigenvalue weighted by Crippen LogP contribution is 2.19. The van der Waals surface area contributed by atoms with E-state index in [2.05, 4.69) is 20.8 Å². The van der Waals surface area contributed by atoms with Crippen molar-refractivity contribution in [3.05, 3.63) is 77.7 Å². The van der Waals surface area contributed by atoms with Crippen molar-refractivity contribution in [1.82, 2.24) is 15.5 Å². The van der Waals surface area contributed by atoms with Gasteiger partial charge in [0.05, 0.1) is 6.10 Å². The van der Waals surface area contributed by atoms with Gasteiger partial charge in [-0.25, -0.2) is 4.39 Å². The highest BCUT2D eigenvalue weighted by molar-refractivity contribution is 5.92. The second-order valence-corrected chi connectivity index (χ2v) is 6.75. The monoisotopic (exact) mass is 394 g/mol. The number of hydrogen-bond acceptors (Lipinski definition) is 5. The van der Waals surface area contributed by atoms with Crippen molar-refractivity contribution in [2.45, 2.75) is 26.4 Å². The lowest BCUT2D eigenvalue weighted by Gasteiger charge is -2.11. The summed E-state index contributed by atoms with van der Waals surface area (Å²) >= 11 is 0. The number of rotatable bonds is 8. The van der Waals surface area contributed by atoms with Gasteiger partial charge >= 0.3 is 0 Å². The number of halogens is 1. The lowest BCUT2D eigenvalue weighted by molar-refractivity contribution is 0.0948. The maximum Gasteiger partial charge on any atom is 0.271 e. The number of benzene rings is 2. The Morgan fingerprint density at radius 3 is 2.34 bits per heavy atom. The van der Waals surface area contributed by atoms with Crippen molar-refractivity contribution >= 4 is 17.4 Å². The molecule has 0 saturated heterocycles. The fourth-order valence-electron chi connectivity index (χ4n) is 2.62. The number of amides is 1. The summed E-state index contributed by atoms with van der Waals surface area (Å²) in [7, 11) is 0. The molecule has 0 atom stereocenters. The number of hydrogen-bond donors (Lipinski definition) is 2. The first-order valence-corrected chi connectivity index (χ1v) is 9.40. The molecule has 0 fully saturated rings.